The average molecular weight is 163 g/mol. The summed E-state index contributed by atoms with van der Waals surface area (Å²) in [5, 5.41) is 0. The molecule has 1 aromatic rings. The molecule has 2 heteroatoms. The summed E-state index contributed by atoms with van der Waals surface area (Å²) in [4.78, 5) is 11.5. The van der Waals surface area contributed by atoms with Gasteiger partial charge in [-0.15, -0.1) is 0 Å². The fourth-order valence-electron chi connectivity index (χ4n) is 1.00. The molecular formula is C10H13NO. The van der Waals surface area contributed by atoms with Crippen molar-refractivity contribution in [1.29, 1.82) is 0 Å². The largest absolute Gasteiger partial charge is 0.321 e. The van der Waals surface area contributed by atoms with Crippen LogP contribution in [0.5, 0.6) is 0 Å². The lowest BCUT2D eigenvalue weighted by Crippen LogP contribution is -2.29. The molecule has 0 aromatic heterocycles. The molecule has 0 aliphatic carbocycles. The molecule has 1 rings (SSSR count). The summed E-state index contributed by atoms with van der Waals surface area (Å²) in [5.41, 5.74) is 6.30. The molecule has 0 fully saturated rings. The van der Waals surface area contributed by atoms with Crippen LogP contribution < -0.4 is 5.73 Å². The van der Waals surface area contributed by atoms with Gasteiger partial charge < -0.3 is 5.73 Å². The van der Waals surface area contributed by atoms with E-state index in [1.807, 2.05) is 25.1 Å². The van der Waals surface area contributed by atoms with Gasteiger partial charge in [0.25, 0.3) is 0 Å². The molecule has 2 N–H and O–H groups in total. The zero-order valence-corrected chi connectivity index (χ0v) is 7.16. The fourth-order valence-corrected chi connectivity index (χ4v) is 1.00. The molecule has 2 nitrogen and oxygen atoms in total. The van der Waals surface area contributed by atoms with Gasteiger partial charge in [0.1, 0.15) is 0 Å². The SMILES string of the molecule is CC[C@H](N)C(=O)c1ccccc1. The third-order valence-corrected chi connectivity index (χ3v) is 1.83. The van der Waals surface area contributed by atoms with E-state index in [0.717, 1.165) is 0 Å². The Kier molecular flexibility index (Phi) is 3.00. The summed E-state index contributed by atoms with van der Waals surface area (Å²) in [6.07, 6.45) is 0.688. The second-order valence-electron chi connectivity index (χ2n) is 2.75. The van der Waals surface area contributed by atoms with Crippen LogP contribution >= 0.6 is 0 Å². The van der Waals surface area contributed by atoms with Crippen molar-refractivity contribution in [1.82, 2.24) is 0 Å². The number of ketones is 1. The molecule has 64 valence electrons. The summed E-state index contributed by atoms with van der Waals surface area (Å²) in [6.45, 7) is 1.91. The zero-order chi connectivity index (χ0) is 8.97. The van der Waals surface area contributed by atoms with E-state index < -0.39 is 0 Å². The average Bonchev–Trinajstić information content (AvgIpc) is 2.17. The Balaban J connectivity index is 2.79. The van der Waals surface area contributed by atoms with Crippen LogP contribution in [0.2, 0.25) is 0 Å². The molecule has 0 unspecified atom stereocenters. The van der Waals surface area contributed by atoms with Gasteiger partial charge in [0, 0.05) is 5.56 Å². The third kappa shape index (κ3) is 1.92. The van der Waals surface area contributed by atoms with E-state index in [2.05, 4.69) is 0 Å². The lowest BCUT2D eigenvalue weighted by Gasteiger charge is -2.06. The number of nitrogens with two attached hydrogens (primary N) is 1. The summed E-state index contributed by atoms with van der Waals surface area (Å²) >= 11 is 0. The number of rotatable bonds is 3. The fraction of sp³-hybridized carbons (Fsp3) is 0.300. The predicted molar refractivity (Wildman–Crippen MR) is 49.0 cm³/mol. The highest BCUT2D eigenvalue weighted by molar-refractivity contribution is 5.99. The molecule has 0 radical (unpaired) electrons. The van der Waals surface area contributed by atoms with Gasteiger partial charge in [0.05, 0.1) is 6.04 Å². The Hall–Kier alpha value is -1.15. The minimum absolute atomic E-state index is 0.0260. The molecule has 0 saturated heterocycles. The zero-order valence-electron chi connectivity index (χ0n) is 7.16. The highest BCUT2D eigenvalue weighted by Crippen LogP contribution is 2.03. The lowest BCUT2D eigenvalue weighted by molar-refractivity contribution is 0.0959. The van der Waals surface area contributed by atoms with Crippen molar-refractivity contribution in [3.8, 4) is 0 Å². The topological polar surface area (TPSA) is 43.1 Å². The first-order valence-corrected chi connectivity index (χ1v) is 4.10. The van der Waals surface area contributed by atoms with E-state index in [1.54, 1.807) is 12.1 Å². The van der Waals surface area contributed by atoms with E-state index in [-0.39, 0.29) is 11.8 Å². The first-order valence-electron chi connectivity index (χ1n) is 4.10. The summed E-state index contributed by atoms with van der Waals surface area (Å²) in [7, 11) is 0. The molecule has 12 heavy (non-hydrogen) atoms. The monoisotopic (exact) mass is 163 g/mol. The predicted octanol–water partition coefficient (Wildman–Crippen LogP) is 1.61. The van der Waals surface area contributed by atoms with Gasteiger partial charge in [-0.05, 0) is 6.42 Å². The van der Waals surface area contributed by atoms with Crippen LogP contribution in [0.3, 0.4) is 0 Å². The molecular weight excluding hydrogens is 150 g/mol. The second-order valence-corrected chi connectivity index (χ2v) is 2.75. The van der Waals surface area contributed by atoms with Crippen LogP contribution in [0, 0.1) is 0 Å². The van der Waals surface area contributed by atoms with Gasteiger partial charge in [-0.2, -0.15) is 0 Å². The maximum Gasteiger partial charge on any atom is 0.179 e. The minimum Gasteiger partial charge on any atom is -0.321 e. The van der Waals surface area contributed by atoms with Crippen molar-refractivity contribution in [2.24, 2.45) is 5.73 Å². The Morgan fingerprint density at radius 2 is 2.00 bits per heavy atom. The van der Waals surface area contributed by atoms with E-state index in [9.17, 15) is 4.79 Å². The Bertz CT molecular complexity index is 256. The first-order chi connectivity index (χ1) is 5.75. The summed E-state index contributed by atoms with van der Waals surface area (Å²) < 4.78 is 0. The molecule has 1 aromatic carbocycles. The molecule has 0 amide bonds. The Morgan fingerprint density at radius 1 is 1.42 bits per heavy atom. The van der Waals surface area contributed by atoms with Gasteiger partial charge in [-0.3, -0.25) is 4.79 Å². The van der Waals surface area contributed by atoms with Gasteiger partial charge in [-0.1, -0.05) is 37.3 Å². The van der Waals surface area contributed by atoms with Crippen molar-refractivity contribution in [2.45, 2.75) is 19.4 Å². The second kappa shape index (κ2) is 4.02. The van der Waals surface area contributed by atoms with Crippen molar-refractivity contribution >= 4 is 5.78 Å². The lowest BCUT2D eigenvalue weighted by atomic mass is 10.0. The maximum absolute atomic E-state index is 11.5. The van der Waals surface area contributed by atoms with Crippen LogP contribution in [0.4, 0.5) is 0 Å². The van der Waals surface area contributed by atoms with Crippen molar-refractivity contribution in [3.05, 3.63) is 35.9 Å². The van der Waals surface area contributed by atoms with Gasteiger partial charge in [-0.25, -0.2) is 0 Å². The van der Waals surface area contributed by atoms with E-state index >= 15 is 0 Å². The van der Waals surface area contributed by atoms with Crippen LogP contribution in [0.25, 0.3) is 0 Å². The van der Waals surface area contributed by atoms with Gasteiger partial charge >= 0.3 is 0 Å². The molecule has 0 spiro atoms. The van der Waals surface area contributed by atoms with Crippen LogP contribution in [0.15, 0.2) is 30.3 Å². The molecule has 0 aliphatic heterocycles. The quantitative estimate of drug-likeness (QED) is 0.688. The smallest absolute Gasteiger partial charge is 0.179 e. The van der Waals surface area contributed by atoms with Crippen molar-refractivity contribution in [2.75, 3.05) is 0 Å². The number of benzene rings is 1. The summed E-state index contributed by atoms with van der Waals surface area (Å²) in [6, 6.07) is 8.79. The summed E-state index contributed by atoms with van der Waals surface area (Å²) in [5.74, 6) is 0.0260. The van der Waals surface area contributed by atoms with Crippen LogP contribution in [-0.4, -0.2) is 11.8 Å². The molecule has 0 saturated carbocycles. The number of carbonyl (C=O) groups is 1. The third-order valence-electron chi connectivity index (χ3n) is 1.83. The Labute approximate surface area is 72.4 Å². The first kappa shape index (κ1) is 8.94. The normalized spacial score (nSPS) is 12.5. The molecule has 0 aliphatic rings. The standard InChI is InChI=1S/C10H13NO/c1-2-9(11)10(12)8-6-4-3-5-7-8/h3-7,9H,2,11H2,1H3/t9-/m0/s1. The van der Waals surface area contributed by atoms with Gasteiger partial charge in [0.15, 0.2) is 5.78 Å². The van der Waals surface area contributed by atoms with E-state index in [4.69, 9.17) is 5.73 Å². The minimum atomic E-state index is -0.354. The number of hydrogen-bond acceptors (Lipinski definition) is 2. The molecule has 1 atom stereocenters. The van der Waals surface area contributed by atoms with Crippen LogP contribution in [-0.2, 0) is 0 Å². The molecule has 0 heterocycles. The highest BCUT2D eigenvalue weighted by atomic mass is 16.1. The maximum atomic E-state index is 11.5. The van der Waals surface area contributed by atoms with E-state index in [0.29, 0.717) is 12.0 Å². The van der Waals surface area contributed by atoms with E-state index in [1.165, 1.54) is 0 Å². The van der Waals surface area contributed by atoms with Crippen molar-refractivity contribution < 1.29 is 4.79 Å². The Morgan fingerprint density at radius 3 is 2.50 bits per heavy atom. The number of carbonyl (C=O) groups excluding carboxylic acids is 1. The number of hydrogen-bond donors (Lipinski definition) is 1. The molecule has 0 bridgehead atoms. The number of Topliss-reactive ketones (excluding diaryl/α,β-unsaturated/α-hetero) is 1. The highest BCUT2D eigenvalue weighted by Gasteiger charge is 2.12. The van der Waals surface area contributed by atoms with Crippen molar-refractivity contribution in [3.63, 3.8) is 0 Å². The van der Waals surface area contributed by atoms with Crippen LogP contribution in [0.1, 0.15) is 23.7 Å². The van der Waals surface area contributed by atoms with Gasteiger partial charge in [0.2, 0.25) is 0 Å².